The van der Waals surface area contributed by atoms with Crippen molar-refractivity contribution in [2.24, 2.45) is 0 Å². The molecular formula is C19H16F3N3O4. The second-order valence-corrected chi connectivity index (χ2v) is 6.41. The Labute approximate surface area is 164 Å². The predicted octanol–water partition coefficient (Wildman–Crippen LogP) is 4.12. The lowest BCUT2D eigenvalue weighted by Crippen LogP contribution is -2.28. The van der Waals surface area contributed by atoms with Gasteiger partial charge in [-0.2, -0.15) is 18.4 Å². The maximum atomic E-state index is 13.2. The lowest BCUT2D eigenvalue weighted by atomic mass is 10.1. The zero-order valence-electron chi connectivity index (χ0n) is 15.2. The molecule has 3 rings (SSSR count). The third kappa shape index (κ3) is 4.57. The quantitative estimate of drug-likeness (QED) is 0.547. The van der Waals surface area contributed by atoms with Crippen LogP contribution in [0, 0.1) is 21.4 Å². The Morgan fingerprint density at radius 2 is 2.00 bits per heavy atom. The maximum absolute atomic E-state index is 13.2. The highest BCUT2D eigenvalue weighted by Gasteiger charge is 2.36. The number of hydrogen-bond donors (Lipinski definition) is 0. The van der Waals surface area contributed by atoms with Gasteiger partial charge in [0.05, 0.1) is 28.7 Å². The maximum Gasteiger partial charge on any atom is 0.417 e. The molecule has 7 nitrogen and oxygen atoms in total. The number of nitro benzene ring substituents is 1. The molecule has 1 saturated heterocycles. The van der Waals surface area contributed by atoms with Crippen molar-refractivity contribution < 1.29 is 27.6 Å². The zero-order chi connectivity index (χ0) is 21.2. The molecule has 0 amide bonds. The highest BCUT2D eigenvalue weighted by Crippen LogP contribution is 2.36. The third-order valence-electron chi connectivity index (χ3n) is 4.47. The molecule has 2 aromatic rings. The Kier molecular flexibility index (Phi) is 5.61. The standard InChI is InChI=1S/C19H16F3N3O4/c1-12-24(15-3-2-13(9-23)18(8-15)19(20,21)22)10-17(29-12)11-28-16-6-4-14(5-7-16)25(26)27/h2-8,12,17H,10-11H2,1H3/t12-,17+/m1/s1. The van der Waals surface area contributed by atoms with Crippen molar-refractivity contribution in [3.05, 3.63) is 63.7 Å². The Hall–Kier alpha value is -3.32. The van der Waals surface area contributed by atoms with Gasteiger partial charge in [-0.05, 0) is 37.3 Å². The second kappa shape index (κ2) is 7.97. The molecule has 152 valence electrons. The lowest BCUT2D eigenvalue weighted by Gasteiger charge is -2.23. The first-order valence-corrected chi connectivity index (χ1v) is 8.59. The van der Waals surface area contributed by atoms with E-state index in [9.17, 15) is 23.3 Å². The Morgan fingerprint density at radius 3 is 2.59 bits per heavy atom. The molecule has 1 aliphatic rings. The van der Waals surface area contributed by atoms with E-state index in [0.29, 0.717) is 11.4 Å². The molecule has 29 heavy (non-hydrogen) atoms. The highest BCUT2D eigenvalue weighted by molar-refractivity contribution is 5.55. The number of benzene rings is 2. The van der Waals surface area contributed by atoms with Crippen LogP contribution in [0.4, 0.5) is 24.5 Å². The molecule has 0 unspecified atom stereocenters. The molecule has 0 spiro atoms. The van der Waals surface area contributed by atoms with E-state index in [2.05, 4.69) is 0 Å². The molecule has 0 aliphatic carbocycles. The third-order valence-corrected chi connectivity index (χ3v) is 4.47. The summed E-state index contributed by atoms with van der Waals surface area (Å²) in [7, 11) is 0. The van der Waals surface area contributed by atoms with Crippen LogP contribution in [0.3, 0.4) is 0 Å². The molecule has 2 aromatic carbocycles. The van der Waals surface area contributed by atoms with Gasteiger partial charge in [0.1, 0.15) is 24.7 Å². The van der Waals surface area contributed by atoms with E-state index in [-0.39, 0.29) is 18.8 Å². The van der Waals surface area contributed by atoms with Crippen LogP contribution in [0.15, 0.2) is 42.5 Å². The number of ether oxygens (including phenoxy) is 2. The lowest BCUT2D eigenvalue weighted by molar-refractivity contribution is -0.384. The van der Waals surface area contributed by atoms with E-state index < -0.39 is 34.6 Å². The van der Waals surface area contributed by atoms with Crippen molar-refractivity contribution in [3.8, 4) is 11.8 Å². The number of halogens is 3. The van der Waals surface area contributed by atoms with Crippen molar-refractivity contribution in [2.75, 3.05) is 18.1 Å². The highest BCUT2D eigenvalue weighted by atomic mass is 19.4. The van der Waals surface area contributed by atoms with Crippen LogP contribution in [0.25, 0.3) is 0 Å². The Morgan fingerprint density at radius 1 is 1.31 bits per heavy atom. The van der Waals surface area contributed by atoms with Gasteiger partial charge in [-0.15, -0.1) is 0 Å². The second-order valence-electron chi connectivity index (χ2n) is 6.41. The summed E-state index contributed by atoms with van der Waals surface area (Å²) in [5.41, 5.74) is -1.19. The first-order valence-electron chi connectivity index (χ1n) is 8.59. The number of alkyl halides is 3. The summed E-state index contributed by atoms with van der Waals surface area (Å²) in [6.07, 6.45) is -5.54. The van der Waals surface area contributed by atoms with Crippen LogP contribution in [0.1, 0.15) is 18.1 Å². The number of nitrogens with zero attached hydrogens (tertiary/aromatic N) is 3. The molecule has 1 fully saturated rings. The number of non-ortho nitro benzene ring substituents is 1. The number of rotatable bonds is 5. The van der Waals surface area contributed by atoms with Gasteiger partial charge in [0.15, 0.2) is 0 Å². The molecule has 0 bridgehead atoms. The summed E-state index contributed by atoms with van der Waals surface area (Å²) >= 11 is 0. The normalized spacial score (nSPS) is 19.1. The van der Waals surface area contributed by atoms with Crippen LogP contribution in [0.5, 0.6) is 5.75 Å². The summed E-state index contributed by atoms with van der Waals surface area (Å²) in [5.74, 6) is 0.419. The largest absolute Gasteiger partial charge is 0.491 e. The molecule has 10 heteroatoms. The smallest absolute Gasteiger partial charge is 0.417 e. The summed E-state index contributed by atoms with van der Waals surface area (Å²) in [6, 6.07) is 10.7. The van der Waals surface area contributed by atoms with Gasteiger partial charge < -0.3 is 14.4 Å². The molecular weight excluding hydrogens is 391 g/mol. The van der Waals surface area contributed by atoms with Crippen molar-refractivity contribution in [1.29, 1.82) is 5.26 Å². The Bertz CT molecular complexity index is 941. The zero-order valence-corrected chi connectivity index (χ0v) is 15.2. The molecule has 0 aromatic heterocycles. The van der Waals surface area contributed by atoms with Crippen LogP contribution in [-0.4, -0.2) is 30.4 Å². The summed E-state index contributed by atoms with van der Waals surface area (Å²) in [4.78, 5) is 11.8. The molecule has 0 radical (unpaired) electrons. The minimum absolute atomic E-state index is 0.0597. The molecule has 0 saturated carbocycles. The molecule has 1 aliphatic heterocycles. The topological polar surface area (TPSA) is 88.6 Å². The van der Waals surface area contributed by atoms with Crippen molar-refractivity contribution >= 4 is 11.4 Å². The summed E-state index contributed by atoms with van der Waals surface area (Å²) < 4.78 is 50.9. The van der Waals surface area contributed by atoms with Gasteiger partial charge in [-0.1, -0.05) is 0 Å². The fourth-order valence-corrected chi connectivity index (χ4v) is 3.07. The van der Waals surface area contributed by atoms with Gasteiger partial charge in [0.2, 0.25) is 0 Å². The van der Waals surface area contributed by atoms with Gasteiger partial charge in [0.25, 0.3) is 5.69 Å². The first kappa shape index (κ1) is 20.4. The number of anilines is 1. The van der Waals surface area contributed by atoms with Crippen LogP contribution < -0.4 is 9.64 Å². The van der Waals surface area contributed by atoms with E-state index in [4.69, 9.17) is 14.7 Å². The van der Waals surface area contributed by atoms with Gasteiger partial charge in [-0.25, -0.2) is 0 Å². The van der Waals surface area contributed by atoms with E-state index in [1.807, 2.05) is 0 Å². The van der Waals surface area contributed by atoms with E-state index in [1.54, 1.807) is 17.9 Å². The minimum Gasteiger partial charge on any atom is -0.491 e. The summed E-state index contributed by atoms with van der Waals surface area (Å²) in [6.45, 7) is 2.12. The molecule has 1 heterocycles. The van der Waals surface area contributed by atoms with E-state index >= 15 is 0 Å². The Balaban J connectivity index is 1.68. The summed E-state index contributed by atoms with van der Waals surface area (Å²) in [5, 5.41) is 19.6. The number of hydrogen-bond acceptors (Lipinski definition) is 6. The van der Waals surface area contributed by atoms with Crippen LogP contribution in [0.2, 0.25) is 0 Å². The van der Waals surface area contributed by atoms with Crippen LogP contribution in [-0.2, 0) is 10.9 Å². The van der Waals surface area contributed by atoms with E-state index in [0.717, 1.165) is 12.1 Å². The van der Waals surface area contributed by atoms with Crippen LogP contribution >= 0.6 is 0 Å². The minimum atomic E-state index is -4.64. The fraction of sp³-hybridized carbons (Fsp3) is 0.316. The van der Waals surface area contributed by atoms with Gasteiger partial charge in [-0.3, -0.25) is 10.1 Å². The molecule has 0 N–H and O–H groups in total. The molecule has 2 atom stereocenters. The van der Waals surface area contributed by atoms with Crippen molar-refractivity contribution in [3.63, 3.8) is 0 Å². The van der Waals surface area contributed by atoms with Gasteiger partial charge >= 0.3 is 6.18 Å². The van der Waals surface area contributed by atoms with E-state index in [1.165, 1.54) is 30.3 Å². The average molecular weight is 407 g/mol. The monoisotopic (exact) mass is 407 g/mol. The number of nitriles is 1. The van der Waals surface area contributed by atoms with Gasteiger partial charge in [0, 0.05) is 17.8 Å². The fourth-order valence-electron chi connectivity index (χ4n) is 3.07. The van der Waals surface area contributed by atoms with Crippen molar-refractivity contribution in [1.82, 2.24) is 0 Å². The van der Waals surface area contributed by atoms with Crippen molar-refractivity contribution in [2.45, 2.75) is 25.4 Å². The SMILES string of the molecule is C[C@H]1O[C@H](COc2ccc([N+](=O)[O-])cc2)CN1c1ccc(C#N)c(C(F)(F)F)c1. The number of nitro groups is 1. The predicted molar refractivity (Wildman–Crippen MR) is 96.4 cm³/mol. The first-order chi connectivity index (χ1) is 13.7. The average Bonchev–Trinajstić information content (AvgIpc) is 3.06.